The molecule has 0 fully saturated rings. The summed E-state index contributed by atoms with van der Waals surface area (Å²) in [4.78, 5) is 13.3. The lowest BCUT2D eigenvalue weighted by atomic mass is 10.0. The summed E-state index contributed by atoms with van der Waals surface area (Å²) in [6, 6.07) is 11.7. The highest BCUT2D eigenvalue weighted by Crippen LogP contribution is 2.40. The van der Waals surface area contributed by atoms with Crippen LogP contribution < -0.4 is 15.6 Å². The first-order chi connectivity index (χ1) is 17.0. The Morgan fingerprint density at radius 2 is 1.19 bits per heavy atom. The second kappa shape index (κ2) is 9.05. The SMILES string of the molecule is Cc1cc([Si](c2ccc(C(F)(F)F)cc2)(c2ccc(C(F)(F)F)cc2)C(C)(C)C)c(S)c2c1CCC2=O. The molecule has 3 aromatic rings. The molecule has 196 valence electrons. The quantitative estimate of drug-likeness (QED) is 0.165. The highest BCUT2D eigenvalue weighted by Gasteiger charge is 2.51. The number of ketones is 1. The average molecular weight is 553 g/mol. The van der Waals surface area contributed by atoms with Crippen molar-refractivity contribution in [2.45, 2.75) is 62.8 Å². The molecule has 9 heteroatoms. The molecule has 0 atom stereocenters. The van der Waals surface area contributed by atoms with Crippen LogP contribution in [0, 0.1) is 6.92 Å². The molecule has 0 heterocycles. The van der Waals surface area contributed by atoms with Crippen LogP contribution in [0.5, 0.6) is 0 Å². The second-order valence-electron chi connectivity index (χ2n) is 10.5. The Bertz CT molecular complexity index is 1290. The van der Waals surface area contributed by atoms with Gasteiger partial charge in [-0.05, 0) is 45.1 Å². The Morgan fingerprint density at radius 3 is 1.57 bits per heavy atom. The summed E-state index contributed by atoms with van der Waals surface area (Å²) in [6.45, 7) is 7.69. The zero-order valence-corrected chi connectivity index (χ0v) is 22.6. The maximum Gasteiger partial charge on any atom is 0.416 e. The third kappa shape index (κ3) is 4.54. The first-order valence-corrected chi connectivity index (χ1v) is 14.2. The predicted octanol–water partition coefficient (Wildman–Crippen LogP) is 6.72. The molecule has 1 aliphatic rings. The van der Waals surface area contributed by atoms with Gasteiger partial charge >= 0.3 is 12.4 Å². The number of carbonyl (C=O) groups excluding carboxylic acids is 1. The fraction of sp³-hybridized carbons (Fsp3) is 0.321. The summed E-state index contributed by atoms with van der Waals surface area (Å²) in [5.74, 6) is -0.0541. The number of hydrogen-bond acceptors (Lipinski definition) is 2. The van der Waals surface area contributed by atoms with E-state index < -0.39 is 36.6 Å². The van der Waals surface area contributed by atoms with Crippen LogP contribution in [0.25, 0.3) is 0 Å². The van der Waals surface area contributed by atoms with Crippen LogP contribution in [0.1, 0.15) is 59.8 Å². The van der Waals surface area contributed by atoms with Gasteiger partial charge in [-0.2, -0.15) is 26.3 Å². The van der Waals surface area contributed by atoms with Crippen LogP contribution in [0.4, 0.5) is 26.3 Å². The van der Waals surface area contributed by atoms with E-state index >= 15 is 0 Å². The Kier molecular flexibility index (Phi) is 6.73. The van der Waals surface area contributed by atoms with E-state index in [-0.39, 0.29) is 5.78 Å². The van der Waals surface area contributed by atoms with Crippen molar-refractivity contribution in [2.24, 2.45) is 0 Å². The maximum absolute atomic E-state index is 13.4. The van der Waals surface area contributed by atoms with Crippen molar-refractivity contribution in [3.05, 3.63) is 82.4 Å². The highest BCUT2D eigenvalue weighted by molar-refractivity contribution is 7.80. The van der Waals surface area contributed by atoms with Crippen molar-refractivity contribution in [1.29, 1.82) is 0 Å². The molecule has 4 rings (SSSR count). The minimum Gasteiger partial charge on any atom is -0.294 e. The molecule has 1 aliphatic carbocycles. The van der Waals surface area contributed by atoms with Gasteiger partial charge in [-0.25, -0.2) is 0 Å². The number of alkyl halides is 6. The first kappa shape index (κ1) is 27.5. The third-order valence-electron chi connectivity index (χ3n) is 7.33. The van der Waals surface area contributed by atoms with Crippen molar-refractivity contribution in [3.63, 3.8) is 0 Å². The van der Waals surface area contributed by atoms with E-state index in [1.807, 2.05) is 33.8 Å². The number of thiol groups is 1. The Balaban J connectivity index is 2.12. The smallest absolute Gasteiger partial charge is 0.294 e. The summed E-state index contributed by atoms with van der Waals surface area (Å²) >= 11 is 4.82. The molecule has 0 saturated heterocycles. The van der Waals surface area contributed by atoms with Gasteiger partial charge in [0, 0.05) is 16.9 Å². The van der Waals surface area contributed by atoms with Crippen LogP contribution in [0.3, 0.4) is 0 Å². The van der Waals surface area contributed by atoms with E-state index in [0.717, 1.165) is 35.4 Å². The normalized spacial score (nSPS) is 14.7. The molecule has 1 nitrogen and oxygen atoms in total. The second-order valence-corrected chi connectivity index (χ2v) is 15.7. The van der Waals surface area contributed by atoms with Gasteiger partial charge in [0.2, 0.25) is 0 Å². The largest absolute Gasteiger partial charge is 0.416 e. The Labute approximate surface area is 218 Å². The van der Waals surface area contributed by atoms with Gasteiger partial charge in [-0.3, -0.25) is 4.79 Å². The maximum atomic E-state index is 13.4. The van der Waals surface area contributed by atoms with E-state index in [0.29, 0.717) is 38.9 Å². The highest BCUT2D eigenvalue weighted by atomic mass is 32.1. The molecule has 0 radical (unpaired) electrons. The van der Waals surface area contributed by atoms with E-state index in [9.17, 15) is 31.1 Å². The lowest BCUT2D eigenvalue weighted by Crippen LogP contribution is -2.72. The molecule has 0 aliphatic heterocycles. The van der Waals surface area contributed by atoms with Gasteiger partial charge in [0.05, 0.1) is 11.1 Å². The lowest BCUT2D eigenvalue weighted by Gasteiger charge is -2.45. The summed E-state index contributed by atoms with van der Waals surface area (Å²) in [5, 5.41) is 1.25. The monoisotopic (exact) mass is 552 g/mol. The molecular weight excluding hydrogens is 526 g/mol. The number of carbonyl (C=O) groups is 1. The van der Waals surface area contributed by atoms with Crippen molar-refractivity contribution < 1.29 is 31.1 Å². The minimum atomic E-state index is -4.54. The molecule has 0 saturated carbocycles. The molecule has 0 unspecified atom stereocenters. The van der Waals surface area contributed by atoms with Crippen molar-refractivity contribution in [2.75, 3.05) is 0 Å². The van der Waals surface area contributed by atoms with Crippen molar-refractivity contribution in [3.8, 4) is 0 Å². The summed E-state index contributed by atoms with van der Waals surface area (Å²) in [5.41, 5.74) is 0.654. The molecule has 0 bridgehead atoms. The summed E-state index contributed by atoms with van der Waals surface area (Å²) in [7, 11) is -3.40. The number of Topliss-reactive ketones (excluding diaryl/α,β-unsaturated/α-hetero) is 1. The minimum absolute atomic E-state index is 0.0541. The van der Waals surface area contributed by atoms with Crippen LogP contribution >= 0.6 is 12.6 Å². The molecule has 0 spiro atoms. The molecule has 0 N–H and O–H groups in total. The van der Waals surface area contributed by atoms with E-state index in [4.69, 9.17) is 12.6 Å². The number of rotatable bonds is 3. The van der Waals surface area contributed by atoms with E-state index in [1.165, 1.54) is 24.3 Å². The molecule has 37 heavy (non-hydrogen) atoms. The van der Waals surface area contributed by atoms with Crippen LogP contribution in [0.2, 0.25) is 5.04 Å². The molecule has 0 aromatic heterocycles. The van der Waals surface area contributed by atoms with E-state index in [2.05, 4.69) is 0 Å². The van der Waals surface area contributed by atoms with Gasteiger partial charge in [-0.1, -0.05) is 75.4 Å². The molecular formula is C28H26F6OSSi. The zero-order chi connectivity index (χ0) is 27.6. The first-order valence-electron chi connectivity index (χ1n) is 11.7. The van der Waals surface area contributed by atoms with Gasteiger partial charge < -0.3 is 0 Å². The van der Waals surface area contributed by atoms with E-state index in [1.54, 1.807) is 0 Å². The van der Waals surface area contributed by atoms with Gasteiger partial charge in [0.15, 0.2) is 13.9 Å². The molecule has 0 amide bonds. The van der Waals surface area contributed by atoms with Gasteiger partial charge in [-0.15, -0.1) is 12.6 Å². The standard InChI is InChI=1S/C28H26F6OSSi/c1-16-15-23(25(36)24-21(16)13-14-22(24)35)37(26(2,3)4,19-9-5-17(6-10-19)27(29,30)31)20-11-7-18(8-12-20)28(32,33)34/h5-12,15,36H,13-14H2,1-4H3. The van der Waals surface area contributed by atoms with Gasteiger partial charge in [0.25, 0.3) is 0 Å². The third-order valence-corrected chi connectivity index (χ3v) is 13.9. The average Bonchev–Trinajstić information content (AvgIpc) is 3.18. The van der Waals surface area contributed by atoms with Gasteiger partial charge in [0.1, 0.15) is 0 Å². The van der Waals surface area contributed by atoms with Crippen LogP contribution in [-0.2, 0) is 18.8 Å². The fourth-order valence-corrected chi connectivity index (χ4v) is 12.3. The summed E-state index contributed by atoms with van der Waals surface area (Å²) < 4.78 is 80.5. The van der Waals surface area contributed by atoms with Crippen molar-refractivity contribution in [1.82, 2.24) is 0 Å². The summed E-state index contributed by atoms with van der Waals surface area (Å²) in [6.07, 6.45) is -8.15. The Hall–Kier alpha value is -2.52. The Morgan fingerprint density at radius 1 is 0.757 bits per heavy atom. The molecule has 3 aromatic carbocycles. The number of benzene rings is 3. The number of hydrogen-bond donors (Lipinski definition) is 1. The fourth-order valence-electron chi connectivity index (χ4n) is 5.68. The van der Waals surface area contributed by atoms with Crippen LogP contribution in [-0.4, -0.2) is 13.9 Å². The topological polar surface area (TPSA) is 17.1 Å². The van der Waals surface area contributed by atoms with Crippen LogP contribution in [0.15, 0.2) is 59.5 Å². The number of aryl methyl sites for hydroxylation is 1. The predicted molar refractivity (Wildman–Crippen MR) is 138 cm³/mol. The lowest BCUT2D eigenvalue weighted by molar-refractivity contribution is -0.138. The van der Waals surface area contributed by atoms with Crippen molar-refractivity contribution >= 4 is 42.0 Å². The number of fused-ring (bicyclic) bond motifs is 1. The zero-order valence-electron chi connectivity index (χ0n) is 20.7. The number of halogens is 6.